The molecular weight excluding hydrogens is 579 g/mol. The highest BCUT2D eigenvalue weighted by Gasteiger charge is 2.31. The van der Waals surface area contributed by atoms with Crippen LogP contribution in [-0.4, -0.2) is 12.6 Å². The van der Waals surface area contributed by atoms with Gasteiger partial charge < -0.3 is 19.9 Å². The standard InChI is InChI=1S/C29H21Cl3N2O4S/c1-2-3-10-36-17-6-4-15(5-7-17)24-19-9-8-18(13-22(19)38-28(34)20(24)14-33)37-29(35)27-26(32)25-21(31)11-16(30)12-23(25)39-27/h4-9,11-13,24H,2-3,10,34H2,1H3. The molecule has 0 radical (unpaired) electrons. The van der Waals surface area contributed by atoms with Gasteiger partial charge in [0, 0.05) is 26.7 Å². The van der Waals surface area contributed by atoms with E-state index in [1.165, 1.54) is 0 Å². The van der Waals surface area contributed by atoms with Gasteiger partial charge in [0.25, 0.3) is 0 Å². The van der Waals surface area contributed by atoms with Crippen LogP contribution in [0.5, 0.6) is 17.2 Å². The highest BCUT2D eigenvalue weighted by molar-refractivity contribution is 7.21. The van der Waals surface area contributed by atoms with Gasteiger partial charge in [0.2, 0.25) is 5.88 Å². The molecule has 0 saturated heterocycles. The summed E-state index contributed by atoms with van der Waals surface area (Å²) in [6, 6.07) is 17.9. The molecule has 3 aromatic carbocycles. The molecule has 0 bridgehead atoms. The van der Waals surface area contributed by atoms with Gasteiger partial charge in [-0.1, -0.05) is 66.3 Å². The van der Waals surface area contributed by atoms with Crippen molar-refractivity contribution >= 4 is 62.2 Å². The number of thiophene rings is 1. The van der Waals surface area contributed by atoms with Crippen LogP contribution in [0.15, 0.2) is 66.1 Å². The van der Waals surface area contributed by atoms with Crippen molar-refractivity contribution in [3.63, 3.8) is 0 Å². The molecule has 0 fully saturated rings. The topological polar surface area (TPSA) is 94.6 Å². The molecule has 1 aliphatic heterocycles. The lowest BCUT2D eigenvalue weighted by Gasteiger charge is -2.26. The Morgan fingerprint density at radius 3 is 2.56 bits per heavy atom. The van der Waals surface area contributed by atoms with Crippen molar-refractivity contribution in [1.82, 2.24) is 0 Å². The zero-order valence-electron chi connectivity index (χ0n) is 20.6. The van der Waals surface area contributed by atoms with Gasteiger partial charge in [0.15, 0.2) is 0 Å². The number of ether oxygens (including phenoxy) is 3. The molecule has 2 N–H and O–H groups in total. The zero-order chi connectivity index (χ0) is 27.7. The highest BCUT2D eigenvalue weighted by Crippen LogP contribution is 2.45. The summed E-state index contributed by atoms with van der Waals surface area (Å²) in [5, 5.41) is 11.4. The van der Waals surface area contributed by atoms with Crippen LogP contribution in [0.2, 0.25) is 15.1 Å². The summed E-state index contributed by atoms with van der Waals surface area (Å²) in [5.41, 5.74) is 7.99. The number of benzene rings is 3. The van der Waals surface area contributed by atoms with Gasteiger partial charge in [0.1, 0.15) is 33.8 Å². The van der Waals surface area contributed by atoms with Crippen LogP contribution in [0.1, 0.15) is 46.5 Å². The molecule has 2 heterocycles. The molecule has 6 nitrogen and oxygen atoms in total. The summed E-state index contributed by atoms with van der Waals surface area (Å²) < 4.78 is 17.8. The Hall–Kier alpha value is -3.41. The van der Waals surface area contributed by atoms with Crippen LogP contribution >= 0.6 is 46.1 Å². The molecule has 1 aliphatic rings. The molecular formula is C29H21Cl3N2O4S. The molecule has 1 atom stereocenters. The average molecular weight is 600 g/mol. The van der Waals surface area contributed by atoms with Gasteiger partial charge in [-0.2, -0.15) is 5.26 Å². The van der Waals surface area contributed by atoms with Crippen LogP contribution in [0, 0.1) is 11.3 Å². The van der Waals surface area contributed by atoms with Crippen LogP contribution in [0.25, 0.3) is 10.1 Å². The molecule has 4 aromatic rings. The molecule has 1 unspecified atom stereocenters. The molecule has 198 valence electrons. The minimum atomic E-state index is -0.652. The van der Waals surface area contributed by atoms with Crippen molar-refractivity contribution in [3.8, 4) is 23.3 Å². The van der Waals surface area contributed by atoms with Crippen molar-refractivity contribution in [3.05, 3.63) is 97.1 Å². The maximum atomic E-state index is 13.0. The third kappa shape index (κ3) is 5.39. The van der Waals surface area contributed by atoms with E-state index in [1.54, 1.807) is 30.3 Å². The summed E-state index contributed by atoms with van der Waals surface area (Å²) in [6.07, 6.45) is 2.02. The monoisotopic (exact) mass is 598 g/mol. The lowest BCUT2D eigenvalue weighted by atomic mass is 9.83. The van der Waals surface area contributed by atoms with Crippen molar-refractivity contribution in [2.75, 3.05) is 6.61 Å². The van der Waals surface area contributed by atoms with E-state index >= 15 is 0 Å². The number of fused-ring (bicyclic) bond motifs is 2. The summed E-state index contributed by atoms with van der Waals surface area (Å²) >= 11 is 20.0. The Morgan fingerprint density at radius 1 is 1.10 bits per heavy atom. The van der Waals surface area contributed by atoms with Crippen LogP contribution in [0.3, 0.4) is 0 Å². The molecule has 0 saturated carbocycles. The van der Waals surface area contributed by atoms with Gasteiger partial charge in [0.05, 0.1) is 22.6 Å². The van der Waals surface area contributed by atoms with E-state index in [1.807, 2.05) is 24.3 Å². The smallest absolute Gasteiger partial charge is 0.355 e. The maximum Gasteiger partial charge on any atom is 0.355 e. The summed E-state index contributed by atoms with van der Waals surface area (Å²) in [7, 11) is 0. The van der Waals surface area contributed by atoms with E-state index in [2.05, 4.69) is 13.0 Å². The largest absolute Gasteiger partial charge is 0.494 e. The maximum absolute atomic E-state index is 13.0. The van der Waals surface area contributed by atoms with Gasteiger partial charge in [-0.25, -0.2) is 4.79 Å². The lowest BCUT2D eigenvalue weighted by molar-refractivity contribution is 0.0740. The third-order valence-electron chi connectivity index (χ3n) is 6.22. The molecule has 5 rings (SSSR count). The number of rotatable bonds is 7. The fraction of sp³-hybridized carbons (Fsp3) is 0.172. The van der Waals surface area contributed by atoms with Crippen molar-refractivity contribution in [1.29, 1.82) is 5.26 Å². The first-order valence-electron chi connectivity index (χ1n) is 12.0. The van der Waals surface area contributed by atoms with E-state index in [0.29, 0.717) is 43.6 Å². The Labute approximate surface area is 244 Å². The first-order chi connectivity index (χ1) is 18.8. The molecule has 1 aromatic heterocycles. The van der Waals surface area contributed by atoms with Crippen molar-refractivity contribution < 1.29 is 19.0 Å². The van der Waals surface area contributed by atoms with Crippen molar-refractivity contribution in [2.45, 2.75) is 25.7 Å². The third-order valence-corrected chi connectivity index (χ3v) is 8.34. The van der Waals surface area contributed by atoms with E-state index in [9.17, 15) is 10.1 Å². The molecule has 0 amide bonds. The Morgan fingerprint density at radius 2 is 1.85 bits per heavy atom. The first-order valence-corrected chi connectivity index (χ1v) is 14.0. The predicted octanol–water partition coefficient (Wildman–Crippen LogP) is 8.48. The Balaban J connectivity index is 1.43. The number of allylic oxidation sites excluding steroid dienone is 1. The fourth-order valence-corrected chi connectivity index (χ4v) is 6.58. The number of hydrogen-bond donors (Lipinski definition) is 1. The quantitative estimate of drug-likeness (QED) is 0.130. The Kier molecular flexibility index (Phi) is 7.92. The summed E-state index contributed by atoms with van der Waals surface area (Å²) in [4.78, 5) is 13.2. The number of unbranched alkanes of at least 4 members (excludes halogenated alkanes) is 1. The van der Waals surface area contributed by atoms with E-state index in [0.717, 1.165) is 35.5 Å². The van der Waals surface area contributed by atoms with Crippen LogP contribution in [0.4, 0.5) is 0 Å². The molecule has 10 heteroatoms. The summed E-state index contributed by atoms with van der Waals surface area (Å²) in [5.74, 6) is 0.226. The number of hydrogen-bond acceptors (Lipinski definition) is 7. The van der Waals surface area contributed by atoms with Gasteiger partial charge in [-0.3, -0.25) is 0 Å². The van der Waals surface area contributed by atoms with Gasteiger partial charge in [-0.15, -0.1) is 11.3 Å². The second-order valence-electron chi connectivity index (χ2n) is 8.79. The molecule has 0 spiro atoms. The van der Waals surface area contributed by atoms with Crippen LogP contribution < -0.4 is 19.9 Å². The van der Waals surface area contributed by atoms with E-state index < -0.39 is 11.9 Å². The van der Waals surface area contributed by atoms with Crippen LogP contribution in [-0.2, 0) is 0 Å². The number of nitrogens with two attached hydrogens (primary N) is 1. The lowest BCUT2D eigenvalue weighted by Crippen LogP contribution is -2.21. The number of nitrogens with zero attached hydrogens (tertiary/aromatic N) is 1. The predicted molar refractivity (Wildman–Crippen MR) is 154 cm³/mol. The highest BCUT2D eigenvalue weighted by atomic mass is 35.5. The Bertz CT molecular complexity index is 1660. The minimum absolute atomic E-state index is 0.0131. The summed E-state index contributed by atoms with van der Waals surface area (Å²) in [6.45, 7) is 2.74. The second kappa shape index (κ2) is 11.4. The molecule has 39 heavy (non-hydrogen) atoms. The van der Waals surface area contributed by atoms with Crippen molar-refractivity contribution in [2.24, 2.45) is 5.73 Å². The molecule has 0 aliphatic carbocycles. The SMILES string of the molecule is CCCCOc1ccc(C2C(C#N)=C(N)Oc3cc(OC(=O)c4sc5cc(Cl)cc(Cl)c5c4Cl)ccc32)cc1. The first kappa shape index (κ1) is 27.2. The normalized spacial score (nSPS) is 14.5. The minimum Gasteiger partial charge on any atom is -0.494 e. The number of carbonyl (C=O) groups is 1. The number of halogens is 3. The van der Waals surface area contributed by atoms with E-state index in [-0.39, 0.29) is 21.5 Å². The number of nitriles is 1. The zero-order valence-corrected chi connectivity index (χ0v) is 23.7. The second-order valence-corrected chi connectivity index (χ2v) is 11.1. The van der Waals surface area contributed by atoms with E-state index in [4.69, 9.17) is 54.7 Å². The number of esters is 1. The number of carbonyl (C=O) groups excluding carboxylic acids is 1. The fourth-order valence-electron chi connectivity index (χ4n) is 4.33. The van der Waals surface area contributed by atoms with Gasteiger partial charge in [-0.05, 0) is 42.3 Å². The average Bonchev–Trinajstić information content (AvgIpc) is 3.24. The van der Waals surface area contributed by atoms with Gasteiger partial charge >= 0.3 is 5.97 Å².